The molecule has 0 aromatic carbocycles. The van der Waals surface area contributed by atoms with Crippen molar-refractivity contribution in [3.05, 3.63) is 47.3 Å². The highest BCUT2D eigenvalue weighted by Gasteiger charge is 2.28. The predicted octanol–water partition coefficient (Wildman–Crippen LogP) is 1.87. The second-order valence-corrected chi connectivity index (χ2v) is 6.21. The number of pyridine rings is 1. The van der Waals surface area contributed by atoms with E-state index in [0.29, 0.717) is 18.0 Å². The van der Waals surface area contributed by atoms with E-state index in [4.69, 9.17) is 4.98 Å². The molecule has 1 N–H and O–H groups in total. The minimum atomic E-state index is -0.121. The smallest absolute Gasteiger partial charge is 0.252 e. The van der Waals surface area contributed by atoms with E-state index < -0.39 is 0 Å². The summed E-state index contributed by atoms with van der Waals surface area (Å²) < 4.78 is 1.75. The first-order valence-electron chi connectivity index (χ1n) is 8.00. The lowest BCUT2D eigenvalue weighted by atomic mass is 10.1. The molecule has 0 bridgehead atoms. The molecule has 3 aromatic heterocycles. The Morgan fingerprint density at radius 1 is 1.33 bits per heavy atom. The standard InChI is InChI=1S/C17H18N6O/c1-10-15-13(17(24)20-8-11-6-18-9-19-7-11)5-14(12-3-4-12)21-16(15)23(2)22-10/h5-7,9,12H,3-4,8H2,1-2H3,(H,20,24). The van der Waals surface area contributed by atoms with Gasteiger partial charge in [0.05, 0.1) is 16.6 Å². The van der Waals surface area contributed by atoms with Crippen LogP contribution in [0, 0.1) is 6.92 Å². The van der Waals surface area contributed by atoms with Crippen LogP contribution >= 0.6 is 0 Å². The van der Waals surface area contributed by atoms with E-state index in [1.807, 2.05) is 20.0 Å². The Kier molecular flexibility index (Phi) is 3.48. The summed E-state index contributed by atoms with van der Waals surface area (Å²) in [4.78, 5) is 25.4. The number of aryl methyl sites for hydroxylation is 2. The number of amides is 1. The van der Waals surface area contributed by atoms with Crippen molar-refractivity contribution in [1.82, 2.24) is 30.0 Å². The van der Waals surface area contributed by atoms with Crippen molar-refractivity contribution in [2.24, 2.45) is 7.05 Å². The number of rotatable bonds is 4. The molecule has 4 rings (SSSR count). The molecule has 0 atom stereocenters. The molecule has 0 saturated heterocycles. The molecule has 7 nitrogen and oxygen atoms in total. The van der Waals surface area contributed by atoms with Gasteiger partial charge in [-0.3, -0.25) is 9.48 Å². The van der Waals surface area contributed by atoms with Crippen LogP contribution in [0.5, 0.6) is 0 Å². The maximum Gasteiger partial charge on any atom is 0.252 e. The Morgan fingerprint density at radius 3 is 2.79 bits per heavy atom. The normalized spacial score (nSPS) is 14.1. The van der Waals surface area contributed by atoms with E-state index >= 15 is 0 Å². The summed E-state index contributed by atoms with van der Waals surface area (Å²) in [5, 5.41) is 8.20. The quantitative estimate of drug-likeness (QED) is 0.792. The molecule has 0 spiro atoms. The maximum absolute atomic E-state index is 12.8. The molecule has 1 saturated carbocycles. The van der Waals surface area contributed by atoms with Crippen LogP contribution in [-0.4, -0.2) is 30.6 Å². The number of hydrogen-bond acceptors (Lipinski definition) is 5. The van der Waals surface area contributed by atoms with E-state index in [2.05, 4.69) is 20.4 Å². The van der Waals surface area contributed by atoms with Gasteiger partial charge in [0.2, 0.25) is 0 Å². The molecule has 7 heteroatoms. The molecule has 0 radical (unpaired) electrons. The van der Waals surface area contributed by atoms with Gasteiger partial charge in [-0.25, -0.2) is 15.0 Å². The molecular weight excluding hydrogens is 304 g/mol. The Hall–Kier alpha value is -2.83. The molecule has 1 aliphatic rings. The van der Waals surface area contributed by atoms with Gasteiger partial charge in [-0.2, -0.15) is 5.10 Å². The first kappa shape index (κ1) is 14.7. The summed E-state index contributed by atoms with van der Waals surface area (Å²) in [7, 11) is 1.86. The van der Waals surface area contributed by atoms with Crippen molar-refractivity contribution < 1.29 is 4.79 Å². The SMILES string of the molecule is Cc1nn(C)c2nc(C3CC3)cc(C(=O)NCc3cncnc3)c12. The molecule has 1 amide bonds. The van der Waals surface area contributed by atoms with E-state index in [1.54, 1.807) is 17.1 Å². The van der Waals surface area contributed by atoms with Gasteiger partial charge in [0.1, 0.15) is 6.33 Å². The first-order chi connectivity index (χ1) is 11.6. The number of hydrogen-bond donors (Lipinski definition) is 1. The van der Waals surface area contributed by atoms with Crippen LogP contribution in [0.2, 0.25) is 0 Å². The Labute approximate surface area is 139 Å². The third kappa shape index (κ3) is 2.62. The third-order valence-corrected chi connectivity index (χ3v) is 4.30. The monoisotopic (exact) mass is 322 g/mol. The van der Waals surface area contributed by atoms with Gasteiger partial charge in [0, 0.05) is 43.2 Å². The molecule has 24 heavy (non-hydrogen) atoms. The predicted molar refractivity (Wildman–Crippen MR) is 88.4 cm³/mol. The van der Waals surface area contributed by atoms with Crippen molar-refractivity contribution in [3.8, 4) is 0 Å². The van der Waals surface area contributed by atoms with Crippen molar-refractivity contribution in [1.29, 1.82) is 0 Å². The van der Waals surface area contributed by atoms with E-state index in [9.17, 15) is 4.79 Å². The lowest BCUT2D eigenvalue weighted by Crippen LogP contribution is -2.23. The summed E-state index contributed by atoms with van der Waals surface area (Å²) in [5.74, 6) is 0.350. The molecule has 3 heterocycles. The van der Waals surface area contributed by atoms with Gasteiger partial charge in [0.15, 0.2) is 5.65 Å². The van der Waals surface area contributed by atoms with Gasteiger partial charge in [-0.15, -0.1) is 0 Å². The van der Waals surface area contributed by atoms with Crippen LogP contribution in [0.3, 0.4) is 0 Å². The number of fused-ring (bicyclic) bond motifs is 1. The fourth-order valence-electron chi connectivity index (χ4n) is 2.93. The van der Waals surface area contributed by atoms with E-state index in [1.165, 1.54) is 6.33 Å². The highest BCUT2D eigenvalue weighted by atomic mass is 16.1. The van der Waals surface area contributed by atoms with Crippen LogP contribution in [-0.2, 0) is 13.6 Å². The summed E-state index contributed by atoms with van der Waals surface area (Å²) in [6.45, 7) is 2.30. The molecule has 1 fully saturated rings. The molecule has 3 aromatic rings. The lowest BCUT2D eigenvalue weighted by molar-refractivity contribution is 0.0952. The average molecular weight is 322 g/mol. The van der Waals surface area contributed by atoms with Gasteiger partial charge in [0.25, 0.3) is 5.91 Å². The van der Waals surface area contributed by atoms with Gasteiger partial charge in [-0.05, 0) is 25.8 Å². The number of nitrogens with one attached hydrogen (secondary N) is 1. The zero-order valence-electron chi connectivity index (χ0n) is 13.7. The summed E-state index contributed by atoms with van der Waals surface area (Å²) in [6.07, 6.45) is 7.13. The minimum absolute atomic E-state index is 0.121. The van der Waals surface area contributed by atoms with E-state index in [0.717, 1.165) is 40.8 Å². The second kappa shape index (κ2) is 5.67. The maximum atomic E-state index is 12.8. The summed E-state index contributed by atoms with van der Waals surface area (Å²) >= 11 is 0. The van der Waals surface area contributed by atoms with Crippen molar-refractivity contribution in [2.75, 3.05) is 0 Å². The van der Waals surface area contributed by atoms with Crippen LogP contribution in [0.15, 0.2) is 24.8 Å². The molecule has 122 valence electrons. The average Bonchev–Trinajstić information content (AvgIpc) is 3.40. The van der Waals surface area contributed by atoms with Gasteiger partial charge >= 0.3 is 0 Å². The Balaban J connectivity index is 1.70. The molecule has 0 unspecified atom stereocenters. The first-order valence-corrected chi connectivity index (χ1v) is 8.00. The molecular formula is C17H18N6O. The van der Waals surface area contributed by atoms with Crippen LogP contribution in [0.4, 0.5) is 0 Å². The van der Waals surface area contributed by atoms with Crippen molar-refractivity contribution in [2.45, 2.75) is 32.2 Å². The van der Waals surface area contributed by atoms with Crippen LogP contribution < -0.4 is 5.32 Å². The van der Waals surface area contributed by atoms with E-state index in [-0.39, 0.29) is 5.91 Å². The molecule has 1 aliphatic carbocycles. The highest BCUT2D eigenvalue weighted by Crippen LogP contribution is 2.40. The number of aromatic nitrogens is 5. The number of carbonyl (C=O) groups excluding carboxylic acids is 1. The van der Waals surface area contributed by atoms with Gasteiger partial charge in [-0.1, -0.05) is 0 Å². The zero-order chi connectivity index (χ0) is 16.7. The van der Waals surface area contributed by atoms with Gasteiger partial charge < -0.3 is 5.32 Å². The van der Waals surface area contributed by atoms with Crippen molar-refractivity contribution in [3.63, 3.8) is 0 Å². The number of nitrogens with zero attached hydrogens (tertiary/aromatic N) is 5. The van der Waals surface area contributed by atoms with Crippen LogP contribution in [0.25, 0.3) is 11.0 Å². The fraction of sp³-hybridized carbons (Fsp3) is 0.353. The zero-order valence-corrected chi connectivity index (χ0v) is 13.7. The minimum Gasteiger partial charge on any atom is -0.348 e. The fourth-order valence-corrected chi connectivity index (χ4v) is 2.93. The second-order valence-electron chi connectivity index (χ2n) is 6.21. The topological polar surface area (TPSA) is 85.6 Å². The third-order valence-electron chi connectivity index (χ3n) is 4.30. The Bertz CT molecular complexity index is 914. The Morgan fingerprint density at radius 2 is 2.08 bits per heavy atom. The van der Waals surface area contributed by atoms with Crippen molar-refractivity contribution >= 4 is 16.9 Å². The number of carbonyl (C=O) groups is 1. The van der Waals surface area contributed by atoms with Crippen LogP contribution in [0.1, 0.15) is 46.1 Å². The summed E-state index contributed by atoms with van der Waals surface area (Å²) in [6, 6.07) is 1.92. The lowest BCUT2D eigenvalue weighted by Gasteiger charge is -2.09. The highest BCUT2D eigenvalue weighted by molar-refractivity contribution is 6.06. The molecule has 0 aliphatic heterocycles. The largest absolute Gasteiger partial charge is 0.348 e. The summed E-state index contributed by atoms with van der Waals surface area (Å²) in [5.41, 5.74) is 4.07.